The van der Waals surface area contributed by atoms with Gasteiger partial charge in [-0.2, -0.15) is 0 Å². The van der Waals surface area contributed by atoms with Gasteiger partial charge in [0, 0.05) is 37.6 Å². The van der Waals surface area contributed by atoms with E-state index in [1.165, 1.54) is 6.92 Å². The molecule has 0 aromatic heterocycles. The molecule has 138 valence electrons. The summed E-state index contributed by atoms with van der Waals surface area (Å²) in [6.45, 7) is 4.06. The predicted molar refractivity (Wildman–Crippen MR) is 107 cm³/mol. The van der Waals surface area contributed by atoms with Crippen LogP contribution in [0.25, 0.3) is 0 Å². The molecule has 1 atom stereocenters. The number of carbonyl (C=O) groups is 2. The van der Waals surface area contributed by atoms with Crippen LogP contribution >= 0.6 is 0 Å². The third-order valence-corrected chi connectivity index (χ3v) is 4.46. The Kier molecular flexibility index (Phi) is 6.52. The van der Waals surface area contributed by atoms with Gasteiger partial charge in [-0.05, 0) is 50.7 Å². The molecule has 1 amide bonds. The molecule has 1 N–H and O–H groups in total. The minimum atomic E-state index is -0.301. The topological polar surface area (TPSA) is 52.7 Å². The first-order valence-electron chi connectivity index (χ1n) is 8.66. The lowest BCUT2D eigenvalue weighted by Crippen LogP contribution is -2.39. The highest BCUT2D eigenvalue weighted by Crippen LogP contribution is 2.16. The van der Waals surface area contributed by atoms with Gasteiger partial charge in [0.2, 0.25) is 5.91 Å². The SMILES string of the molecule is CC(=O)c1cccc(NC(=O)[C@@H](C)N(C)Cc2ccc(N(C)C)cc2)c1. The van der Waals surface area contributed by atoms with E-state index in [0.717, 1.165) is 11.3 Å². The molecule has 0 aliphatic carbocycles. The number of nitrogens with zero attached hydrogens (tertiary/aromatic N) is 2. The average molecular weight is 353 g/mol. The van der Waals surface area contributed by atoms with Crippen molar-refractivity contribution < 1.29 is 9.59 Å². The summed E-state index contributed by atoms with van der Waals surface area (Å²) in [5.74, 6) is -0.120. The molecule has 0 saturated carbocycles. The zero-order valence-corrected chi connectivity index (χ0v) is 16.1. The lowest BCUT2D eigenvalue weighted by atomic mass is 10.1. The van der Waals surface area contributed by atoms with Crippen molar-refractivity contribution in [3.63, 3.8) is 0 Å². The first-order valence-corrected chi connectivity index (χ1v) is 8.66. The minimum Gasteiger partial charge on any atom is -0.378 e. The van der Waals surface area contributed by atoms with E-state index >= 15 is 0 Å². The van der Waals surface area contributed by atoms with Crippen LogP contribution in [-0.2, 0) is 11.3 Å². The van der Waals surface area contributed by atoms with Gasteiger partial charge in [0.05, 0.1) is 6.04 Å². The van der Waals surface area contributed by atoms with E-state index in [-0.39, 0.29) is 17.7 Å². The smallest absolute Gasteiger partial charge is 0.241 e. The van der Waals surface area contributed by atoms with E-state index in [0.29, 0.717) is 17.8 Å². The number of carbonyl (C=O) groups excluding carboxylic acids is 2. The Bertz CT molecular complexity index is 769. The Morgan fingerprint density at radius 1 is 1.04 bits per heavy atom. The number of ketones is 1. The highest BCUT2D eigenvalue weighted by atomic mass is 16.2. The van der Waals surface area contributed by atoms with E-state index in [9.17, 15) is 9.59 Å². The number of benzene rings is 2. The fourth-order valence-corrected chi connectivity index (χ4v) is 2.59. The summed E-state index contributed by atoms with van der Waals surface area (Å²) in [5.41, 5.74) is 3.52. The first kappa shape index (κ1) is 19.7. The van der Waals surface area contributed by atoms with E-state index in [2.05, 4.69) is 34.5 Å². The molecule has 0 aliphatic rings. The van der Waals surface area contributed by atoms with Crippen molar-refractivity contribution >= 4 is 23.1 Å². The highest BCUT2D eigenvalue weighted by Gasteiger charge is 2.18. The van der Waals surface area contributed by atoms with Gasteiger partial charge in [-0.25, -0.2) is 0 Å². The number of hydrogen-bond donors (Lipinski definition) is 1. The molecule has 0 radical (unpaired) electrons. The number of anilines is 2. The summed E-state index contributed by atoms with van der Waals surface area (Å²) >= 11 is 0. The zero-order chi connectivity index (χ0) is 19.3. The summed E-state index contributed by atoms with van der Waals surface area (Å²) in [6.07, 6.45) is 0. The molecule has 0 spiro atoms. The van der Waals surface area contributed by atoms with Gasteiger partial charge in [0.25, 0.3) is 0 Å². The van der Waals surface area contributed by atoms with E-state index in [4.69, 9.17) is 0 Å². The van der Waals surface area contributed by atoms with Gasteiger partial charge in [-0.15, -0.1) is 0 Å². The Morgan fingerprint density at radius 3 is 2.27 bits per heavy atom. The summed E-state index contributed by atoms with van der Waals surface area (Å²) < 4.78 is 0. The van der Waals surface area contributed by atoms with E-state index < -0.39 is 0 Å². The molecule has 5 heteroatoms. The van der Waals surface area contributed by atoms with Crippen molar-refractivity contribution in [1.29, 1.82) is 0 Å². The fraction of sp³-hybridized carbons (Fsp3) is 0.333. The monoisotopic (exact) mass is 353 g/mol. The molecule has 2 aromatic carbocycles. The molecule has 2 rings (SSSR count). The Balaban J connectivity index is 1.98. The normalized spacial score (nSPS) is 11.9. The van der Waals surface area contributed by atoms with Crippen molar-refractivity contribution in [2.24, 2.45) is 0 Å². The second-order valence-corrected chi connectivity index (χ2v) is 6.78. The standard InChI is InChI=1S/C21H27N3O2/c1-15(21(26)22-19-8-6-7-18(13-19)16(2)25)24(5)14-17-9-11-20(12-10-17)23(3)4/h6-13,15H,14H2,1-5H3,(H,22,26)/t15-/m1/s1. The van der Waals surface area contributed by atoms with Crippen molar-refractivity contribution in [2.75, 3.05) is 31.4 Å². The van der Waals surface area contributed by atoms with Crippen molar-refractivity contribution in [3.8, 4) is 0 Å². The summed E-state index contributed by atoms with van der Waals surface area (Å²) in [4.78, 5) is 28.0. The van der Waals surface area contributed by atoms with Crippen molar-refractivity contribution in [1.82, 2.24) is 4.90 Å². The Morgan fingerprint density at radius 2 is 1.69 bits per heavy atom. The third-order valence-electron chi connectivity index (χ3n) is 4.46. The Hall–Kier alpha value is -2.66. The van der Waals surface area contributed by atoms with Crippen molar-refractivity contribution in [3.05, 3.63) is 59.7 Å². The Labute approximate surface area is 155 Å². The first-order chi connectivity index (χ1) is 12.3. The number of amides is 1. The van der Waals surface area contributed by atoms with Gasteiger partial charge in [-0.1, -0.05) is 24.3 Å². The minimum absolute atomic E-state index is 0.0209. The molecule has 0 aliphatic heterocycles. The number of nitrogens with one attached hydrogen (secondary N) is 1. The quantitative estimate of drug-likeness (QED) is 0.775. The van der Waals surface area contributed by atoms with Gasteiger partial charge in [-0.3, -0.25) is 14.5 Å². The molecule has 2 aromatic rings. The summed E-state index contributed by atoms with van der Waals surface area (Å²) in [6, 6.07) is 15.0. The van der Waals surface area contributed by atoms with Crippen molar-refractivity contribution in [2.45, 2.75) is 26.4 Å². The molecule has 0 saturated heterocycles. The van der Waals surface area contributed by atoms with Crippen LogP contribution in [0.3, 0.4) is 0 Å². The molecule has 0 fully saturated rings. The molecule has 0 unspecified atom stereocenters. The molecular formula is C21H27N3O2. The highest BCUT2D eigenvalue weighted by molar-refractivity contribution is 5.98. The maximum absolute atomic E-state index is 12.5. The number of hydrogen-bond acceptors (Lipinski definition) is 4. The largest absolute Gasteiger partial charge is 0.378 e. The summed E-state index contributed by atoms with van der Waals surface area (Å²) in [7, 11) is 5.94. The summed E-state index contributed by atoms with van der Waals surface area (Å²) in [5, 5.41) is 2.89. The molecule has 0 bridgehead atoms. The van der Waals surface area contributed by atoms with Gasteiger partial charge in [0.15, 0.2) is 5.78 Å². The van der Waals surface area contributed by atoms with Gasteiger partial charge < -0.3 is 10.2 Å². The molecule has 26 heavy (non-hydrogen) atoms. The van der Waals surface area contributed by atoms with Crippen LogP contribution in [0, 0.1) is 0 Å². The lowest BCUT2D eigenvalue weighted by molar-refractivity contribution is -0.120. The van der Waals surface area contributed by atoms with Crippen LogP contribution in [0.15, 0.2) is 48.5 Å². The molecular weight excluding hydrogens is 326 g/mol. The maximum atomic E-state index is 12.5. The van der Waals surface area contributed by atoms with E-state index in [1.54, 1.807) is 24.3 Å². The maximum Gasteiger partial charge on any atom is 0.241 e. The number of rotatable bonds is 7. The fourth-order valence-electron chi connectivity index (χ4n) is 2.59. The van der Waals surface area contributed by atoms with Crippen LogP contribution in [-0.4, -0.2) is 43.8 Å². The molecule has 5 nitrogen and oxygen atoms in total. The van der Waals surface area contributed by atoms with Gasteiger partial charge >= 0.3 is 0 Å². The second-order valence-electron chi connectivity index (χ2n) is 6.78. The third kappa shape index (κ3) is 5.17. The predicted octanol–water partition coefficient (Wildman–Crippen LogP) is 3.41. The van der Waals surface area contributed by atoms with Crippen LogP contribution < -0.4 is 10.2 Å². The van der Waals surface area contributed by atoms with Crippen LogP contribution in [0.1, 0.15) is 29.8 Å². The average Bonchev–Trinajstić information content (AvgIpc) is 2.61. The second kappa shape index (κ2) is 8.63. The van der Waals surface area contributed by atoms with Crippen LogP contribution in [0.5, 0.6) is 0 Å². The van der Waals surface area contributed by atoms with Gasteiger partial charge in [0.1, 0.15) is 0 Å². The van der Waals surface area contributed by atoms with E-state index in [1.807, 2.05) is 33.0 Å². The number of Topliss-reactive ketones (excluding diaryl/α,β-unsaturated/α-hetero) is 1. The molecule has 0 heterocycles. The zero-order valence-electron chi connectivity index (χ0n) is 16.1. The number of likely N-dealkylation sites (N-methyl/N-ethyl adjacent to an activating group) is 1. The van der Waals surface area contributed by atoms with Crippen LogP contribution in [0.2, 0.25) is 0 Å². The lowest BCUT2D eigenvalue weighted by Gasteiger charge is -2.24. The van der Waals surface area contributed by atoms with Crippen LogP contribution in [0.4, 0.5) is 11.4 Å².